The van der Waals surface area contributed by atoms with E-state index in [0.29, 0.717) is 18.7 Å². The van der Waals surface area contributed by atoms with E-state index in [9.17, 15) is 4.79 Å². The molecule has 0 unspecified atom stereocenters. The zero-order valence-electron chi connectivity index (χ0n) is 14.6. The van der Waals surface area contributed by atoms with Gasteiger partial charge >= 0.3 is 0 Å². The highest BCUT2D eigenvalue weighted by Crippen LogP contribution is 2.19. The predicted octanol–water partition coefficient (Wildman–Crippen LogP) is 4.65. The maximum atomic E-state index is 12.2. The Morgan fingerprint density at radius 2 is 2.12 bits per heavy atom. The molecule has 1 amide bonds. The number of nitrogens with one attached hydrogen (secondary N) is 1. The summed E-state index contributed by atoms with van der Waals surface area (Å²) in [5, 5.41) is 5.96. The van der Waals surface area contributed by atoms with Crippen LogP contribution in [-0.4, -0.2) is 17.4 Å². The van der Waals surface area contributed by atoms with Crippen LogP contribution in [0.1, 0.15) is 53.2 Å². The Morgan fingerprint density at radius 3 is 2.80 bits per heavy atom. The number of allylic oxidation sites excluding steroid dienone is 1. The lowest BCUT2D eigenvalue weighted by Crippen LogP contribution is -2.24. The average molecular weight is 356 g/mol. The van der Waals surface area contributed by atoms with Crippen molar-refractivity contribution in [2.75, 3.05) is 6.54 Å². The van der Waals surface area contributed by atoms with Gasteiger partial charge in [0.15, 0.2) is 0 Å². The second kappa shape index (κ2) is 8.81. The number of ether oxygens (including phenoxy) is 1. The van der Waals surface area contributed by atoms with E-state index in [1.54, 1.807) is 23.5 Å². The van der Waals surface area contributed by atoms with Gasteiger partial charge < -0.3 is 10.1 Å². The first-order valence-electron chi connectivity index (χ1n) is 8.81. The third kappa shape index (κ3) is 5.43. The van der Waals surface area contributed by atoms with Crippen molar-refractivity contribution in [3.63, 3.8) is 0 Å². The molecule has 0 aliphatic heterocycles. The molecule has 5 heteroatoms. The molecule has 0 fully saturated rings. The number of carbonyl (C=O) groups excluding carboxylic acids is 1. The Labute approximate surface area is 152 Å². The quantitative estimate of drug-likeness (QED) is 0.735. The van der Waals surface area contributed by atoms with Crippen LogP contribution in [-0.2, 0) is 6.61 Å². The van der Waals surface area contributed by atoms with Gasteiger partial charge in [-0.3, -0.25) is 4.79 Å². The van der Waals surface area contributed by atoms with Crippen LogP contribution in [0.3, 0.4) is 0 Å². The van der Waals surface area contributed by atoms with Gasteiger partial charge in [-0.2, -0.15) is 0 Å². The molecule has 1 aliphatic rings. The van der Waals surface area contributed by atoms with Crippen LogP contribution in [0.15, 0.2) is 41.3 Å². The second-order valence-corrected chi connectivity index (χ2v) is 7.25. The molecular formula is C20H24N2O2S. The normalized spacial score (nSPS) is 14.0. The number of thiazole rings is 1. The first-order chi connectivity index (χ1) is 12.2. The van der Waals surface area contributed by atoms with E-state index in [-0.39, 0.29) is 5.91 Å². The zero-order valence-corrected chi connectivity index (χ0v) is 15.4. The van der Waals surface area contributed by atoms with E-state index in [1.807, 2.05) is 24.4 Å². The SMILES string of the molecule is Cc1csc(COc2ccc(C(=O)NCCC3=CCCCC3)cc2)n1. The summed E-state index contributed by atoms with van der Waals surface area (Å²) in [6.45, 7) is 3.13. The summed E-state index contributed by atoms with van der Waals surface area (Å²) in [5.74, 6) is 0.718. The number of hydrogen-bond acceptors (Lipinski definition) is 4. The van der Waals surface area contributed by atoms with Crippen LogP contribution >= 0.6 is 11.3 Å². The molecule has 0 bridgehead atoms. The minimum absolute atomic E-state index is 0.0292. The zero-order chi connectivity index (χ0) is 17.5. The van der Waals surface area contributed by atoms with Crippen molar-refractivity contribution in [1.82, 2.24) is 10.3 Å². The maximum Gasteiger partial charge on any atom is 0.251 e. The van der Waals surface area contributed by atoms with Crippen molar-refractivity contribution in [1.29, 1.82) is 0 Å². The molecule has 132 valence electrons. The van der Waals surface area contributed by atoms with Gasteiger partial charge in [0.25, 0.3) is 5.91 Å². The number of benzene rings is 1. The number of aromatic nitrogens is 1. The number of amides is 1. The molecule has 2 aromatic rings. The molecule has 1 aliphatic carbocycles. The van der Waals surface area contributed by atoms with Crippen molar-refractivity contribution >= 4 is 17.2 Å². The van der Waals surface area contributed by atoms with Gasteiger partial charge in [-0.15, -0.1) is 11.3 Å². The second-order valence-electron chi connectivity index (χ2n) is 6.31. The molecule has 0 saturated carbocycles. The standard InChI is InChI=1S/C20H24N2O2S/c1-15-14-25-19(22-15)13-24-18-9-7-17(8-10-18)20(23)21-12-11-16-5-3-2-4-6-16/h5,7-10,14H,2-4,6,11-13H2,1H3,(H,21,23). The molecule has 1 N–H and O–H groups in total. The number of carbonyl (C=O) groups is 1. The fourth-order valence-electron chi connectivity index (χ4n) is 2.89. The van der Waals surface area contributed by atoms with Gasteiger partial charge in [-0.1, -0.05) is 11.6 Å². The number of aryl methyl sites for hydroxylation is 1. The van der Waals surface area contributed by atoms with Crippen molar-refractivity contribution < 1.29 is 9.53 Å². The summed E-state index contributed by atoms with van der Waals surface area (Å²) >= 11 is 1.59. The Morgan fingerprint density at radius 1 is 1.28 bits per heavy atom. The Bertz CT molecular complexity index is 734. The predicted molar refractivity (Wildman–Crippen MR) is 101 cm³/mol. The van der Waals surface area contributed by atoms with E-state index in [0.717, 1.165) is 22.9 Å². The van der Waals surface area contributed by atoms with Crippen molar-refractivity contribution in [2.45, 2.75) is 45.6 Å². The van der Waals surface area contributed by atoms with Crippen molar-refractivity contribution in [3.05, 3.63) is 57.6 Å². The first-order valence-corrected chi connectivity index (χ1v) is 9.68. The van der Waals surface area contributed by atoms with Gasteiger partial charge in [0.05, 0.1) is 0 Å². The van der Waals surface area contributed by atoms with E-state index >= 15 is 0 Å². The molecule has 1 aromatic heterocycles. The third-order valence-electron chi connectivity index (χ3n) is 4.26. The molecule has 0 radical (unpaired) electrons. The first kappa shape index (κ1) is 17.7. The Balaban J connectivity index is 1.44. The van der Waals surface area contributed by atoms with E-state index in [1.165, 1.54) is 31.3 Å². The number of nitrogens with zero attached hydrogens (tertiary/aromatic N) is 1. The fraction of sp³-hybridized carbons (Fsp3) is 0.400. The molecule has 25 heavy (non-hydrogen) atoms. The molecule has 0 saturated heterocycles. The number of hydrogen-bond donors (Lipinski definition) is 1. The molecule has 0 atom stereocenters. The molecule has 3 rings (SSSR count). The van der Waals surface area contributed by atoms with Crippen LogP contribution in [0.4, 0.5) is 0 Å². The summed E-state index contributed by atoms with van der Waals surface area (Å²) < 4.78 is 5.71. The summed E-state index contributed by atoms with van der Waals surface area (Å²) in [7, 11) is 0. The smallest absolute Gasteiger partial charge is 0.251 e. The molecular weight excluding hydrogens is 332 g/mol. The van der Waals surface area contributed by atoms with Gasteiger partial charge in [0.2, 0.25) is 0 Å². The van der Waals surface area contributed by atoms with Crippen LogP contribution in [0, 0.1) is 6.92 Å². The molecule has 0 spiro atoms. The van der Waals surface area contributed by atoms with Crippen molar-refractivity contribution in [3.8, 4) is 5.75 Å². The van der Waals surface area contributed by atoms with Gasteiger partial charge in [-0.05, 0) is 63.3 Å². The lowest BCUT2D eigenvalue weighted by molar-refractivity contribution is 0.0954. The largest absolute Gasteiger partial charge is 0.486 e. The molecule has 4 nitrogen and oxygen atoms in total. The van der Waals surface area contributed by atoms with Crippen LogP contribution in [0.25, 0.3) is 0 Å². The van der Waals surface area contributed by atoms with Crippen LogP contribution in [0.2, 0.25) is 0 Å². The topological polar surface area (TPSA) is 51.2 Å². The Hall–Kier alpha value is -2.14. The van der Waals surface area contributed by atoms with E-state index in [4.69, 9.17) is 4.74 Å². The van der Waals surface area contributed by atoms with E-state index < -0.39 is 0 Å². The molecule has 1 aromatic carbocycles. The summed E-state index contributed by atoms with van der Waals surface area (Å²) in [4.78, 5) is 16.6. The third-order valence-corrected chi connectivity index (χ3v) is 5.20. The molecule has 1 heterocycles. The van der Waals surface area contributed by atoms with E-state index in [2.05, 4.69) is 16.4 Å². The minimum atomic E-state index is -0.0292. The highest BCUT2D eigenvalue weighted by atomic mass is 32.1. The number of rotatable bonds is 7. The highest BCUT2D eigenvalue weighted by molar-refractivity contribution is 7.09. The van der Waals surface area contributed by atoms with Gasteiger partial charge in [0.1, 0.15) is 17.4 Å². The van der Waals surface area contributed by atoms with Crippen molar-refractivity contribution in [2.24, 2.45) is 0 Å². The lowest BCUT2D eigenvalue weighted by atomic mass is 9.97. The summed E-state index contributed by atoms with van der Waals surface area (Å²) in [6.07, 6.45) is 8.23. The summed E-state index contributed by atoms with van der Waals surface area (Å²) in [5.41, 5.74) is 3.15. The van der Waals surface area contributed by atoms with Gasteiger partial charge in [-0.25, -0.2) is 4.98 Å². The lowest BCUT2D eigenvalue weighted by Gasteiger charge is -2.13. The fourth-order valence-corrected chi connectivity index (χ4v) is 3.57. The minimum Gasteiger partial charge on any atom is -0.486 e. The monoisotopic (exact) mass is 356 g/mol. The highest BCUT2D eigenvalue weighted by Gasteiger charge is 2.08. The van der Waals surface area contributed by atoms with Crippen LogP contribution in [0.5, 0.6) is 5.75 Å². The summed E-state index contributed by atoms with van der Waals surface area (Å²) in [6, 6.07) is 7.27. The maximum absolute atomic E-state index is 12.2. The van der Waals surface area contributed by atoms with Crippen LogP contribution < -0.4 is 10.1 Å². The Kier molecular flexibility index (Phi) is 6.23. The van der Waals surface area contributed by atoms with Gasteiger partial charge in [0, 0.05) is 23.2 Å². The average Bonchev–Trinajstić information content (AvgIpc) is 3.06.